The Hall–Kier alpha value is -2.17. The summed E-state index contributed by atoms with van der Waals surface area (Å²) in [5, 5.41) is 12.9. The van der Waals surface area contributed by atoms with Gasteiger partial charge < -0.3 is 19.5 Å². The molecule has 1 aliphatic carbocycles. The van der Waals surface area contributed by atoms with E-state index in [0.717, 1.165) is 51.4 Å². The lowest BCUT2D eigenvalue weighted by Gasteiger charge is -2.45. The fourth-order valence-electron chi connectivity index (χ4n) is 5.25. The van der Waals surface area contributed by atoms with Crippen molar-refractivity contribution in [2.24, 2.45) is 0 Å². The predicted octanol–water partition coefficient (Wildman–Crippen LogP) is 5.84. The van der Waals surface area contributed by atoms with Crippen LogP contribution in [0.25, 0.3) is 16.5 Å². The first-order chi connectivity index (χ1) is 18.3. The van der Waals surface area contributed by atoms with Crippen LogP contribution in [0.1, 0.15) is 28.8 Å². The van der Waals surface area contributed by atoms with E-state index in [1.165, 1.54) is 11.8 Å². The molecular weight excluding hydrogens is 634 g/mol. The van der Waals surface area contributed by atoms with Gasteiger partial charge in [-0.3, -0.25) is 9.59 Å². The zero-order valence-electron chi connectivity index (χ0n) is 20.4. The number of hydrogen-bond donors (Lipinski definition) is 1. The lowest BCUT2D eigenvalue weighted by molar-refractivity contribution is -0.111. The first-order valence-corrected chi connectivity index (χ1v) is 15.0. The van der Waals surface area contributed by atoms with Gasteiger partial charge in [0.2, 0.25) is 11.6 Å². The van der Waals surface area contributed by atoms with Crippen LogP contribution in [0.3, 0.4) is 0 Å². The van der Waals surface area contributed by atoms with E-state index in [4.69, 9.17) is 9.47 Å². The van der Waals surface area contributed by atoms with Crippen molar-refractivity contribution in [3.63, 3.8) is 0 Å². The van der Waals surface area contributed by atoms with Crippen LogP contribution >= 0.6 is 43.6 Å². The lowest BCUT2D eigenvalue weighted by atomic mass is 9.90. The van der Waals surface area contributed by atoms with Crippen LogP contribution in [0.5, 0.6) is 5.75 Å². The maximum Gasteiger partial charge on any atom is 0.243 e. The SMILES string of the molecule is O=C1C(=O)c2ccc(Br)cc2C2=C1SCC1(CCN(C[C@H](O)COc3ccc4cc(Br)ccc4c3)CC1)O2. The summed E-state index contributed by atoms with van der Waals surface area (Å²) in [4.78, 5) is 28.0. The average Bonchev–Trinajstić information content (AvgIpc) is 2.92. The van der Waals surface area contributed by atoms with Crippen molar-refractivity contribution in [2.45, 2.75) is 24.5 Å². The highest BCUT2D eigenvalue weighted by Gasteiger charge is 2.46. The molecule has 1 N–H and O–H groups in total. The van der Waals surface area contributed by atoms with Crippen molar-refractivity contribution >= 4 is 71.7 Å². The molecular formula is C29H25Br2NO5S. The number of likely N-dealkylation sites (tertiary alicyclic amines) is 1. The quantitative estimate of drug-likeness (QED) is 0.346. The summed E-state index contributed by atoms with van der Waals surface area (Å²) in [5.41, 5.74) is 0.679. The van der Waals surface area contributed by atoms with Gasteiger partial charge >= 0.3 is 0 Å². The number of aliphatic hydroxyl groups excluding tert-OH is 1. The molecule has 0 radical (unpaired) electrons. The fourth-order valence-corrected chi connectivity index (χ4v) is 7.25. The topological polar surface area (TPSA) is 76.1 Å². The molecule has 6 nitrogen and oxygen atoms in total. The standard InChI is InChI=1S/C29H25Br2NO5S/c30-19-3-1-18-12-22(5-2-17(18)11-19)36-15-21(33)14-32-9-7-29(8-10-32)16-38-28-26(35)25(34)23-6-4-20(31)13-24(23)27(28)37-29/h1-6,11-13,21,33H,7-10,14-16H2/t21-/m0/s1. The van der Waals surface area contributed by atoms with E-state index >= 15 is 0 Å². The Balaban J connectivity index is 1.06. The normalized spacial score (nSPS) is 19.8. The first-order valence-electron chi connectivity index (χ1n) is 12.5. The second-order valence-corrected chi connectivity index (χ2v) is 12.8. The van der Waals surface area contributed by atoms with E-state index in [2.05, 4.69) is 42.8 Å². The van der Waals surface area contributed by atoms with Crippen molar-refractivity contribution in [1.82, 2.24) is 4.90 Å². The van der Waals surface area contributed by atoms with Crippen LogP contribution in [0.2, 0.25) is 0 Å². The molecule has 2 heterocycles. The number of benzene rings is 3. The van der Waals surface area contributed by atoms with Gasteiger partial charge in [0.1, 0.15) is 34.7 Å². The number of ketones is 2. The second-order valence-electron chi connectivity index (χ2n) is 10.00. The van der Waals surface area contributed by atoms with Crippen molar-refractivity contribution < 1.29 is 24.2 Å². The number of carbonyl (C=O) groups is 2. The highest BCUT2D eigenvalue weighted by Crippen LogP contribution is 2.47. The van der Waals surface area contributed by atoms with Gasteiger partial charge in [0.15, 0.2) is 0 Å². The molecule has 1 spiro atoms. The van der Waals surface area contributed by atoms with Crippen molar-refractivity contribution in [1.29, 1.82) is 0 Å². The molecule has 1 saturated heterocycles. The third kappa shape index (κ3) is 5.07. The summed E-state index contributed by atoms with van der Waals surface area (Å²) < 4.78 is 14.3. The highest BCUT2D eigenvalue weighted by atomic mass is 79.9. The van der Waals surface area contributed by atoms with Gasteiger partial charge in [-0.05, 0) is 53.2 Å². The van der Waals surface area contributed by atoms with E-state index in [0.29, 0.717) is 34.1 Å². The first kappa shape index (κ1) is 26.1. The molecule has 3 aliphatic rings. The number of β-amino-alcohol motifs (C(OH)–C–C–N with tert-alkyl or cyclic N) is 1. The summed E-state index contributed by atoms with van der Waals surface area (Å²) >= 11 is 8.40. The molecule has 196 valence electrons. The lowest BCUT2D eigenvalue weighted by Crippen LogP contribution is -2.51. The molecule has 0 bridgehead atoms. The molecule has 6 rings (SSSR count). The number of piperidine rings is 1. The number of aliphatic hydroxyl groups is 1. The molecule has 3 aromatic carbocycles. The maximum absolute atomic E-state index is 12.7. The summed E-state index contributed by atoms with van der Waals surface area (Å²) in [6.45, 7) is 2.27. The van der Waals surface area contributed by atoms with E-state index in [9.17, 15) is 14.7 Å². The monoisotopic (exact) mass is 657 g/mol. The minimum absolute atomic E-state index is 0.216. The van der Waals surface area contributed by atoms with E-state index < -0.39 is 23.3 Å². The van der Waals surface area contributed by atoms with Gasteiger partial charge in [0, 0.05) is 58.3 Å². The number of halogens is 2. The molecule has 0 saturated carbocycles. The molecule has 38 heavy (non-hydrogen) atoms. The fraction of sp³-hybridized carbons (Fsp3) is 0.310. The smallest absolute Gasteiger partial charge is 0.243 e. The Labute approximate surface area is 241 Å². The third-order valence-corrected chi connectivity index (χ3v) is 9.66. The summed E-state index contributed by atoms with van der Waals surface area (Å²) in [5.74, 6) is 0.953. The van der Waals surface area contributed by atoms with Gasteiger partial charge in [0.05, 0.1) is 0 Å². The van der Waals surface area contributed by atoms with Crippen LogP contribution in [0.15, 0.2) is 68.4 Å². The van der Waals surface area contributed by atoms with Crippen LogP contribution in [0, 0.1) is 0 Å². The Morgan fingerprint density at radius 3 is 2.47 bits per heavy atom. The Bertz CT molecular complexity index is 1480. The number of ether oxygens (including phenoxy) is 2. The molecule has 9 heteroatoms. The summed E-state index contributed by atoms with van der Waals surface area (Å²) in [7, 11) is 0. The highest BCUT2D eigenvalue weighted by molar-refractivity contribution is 9.10. The largest absolute Gasteiger partial charge is 0.491 e. The van der Waals surface area contributed by atoms with Gasteiger partial charge in [-0.2, -0.15) is 0 Å². The van der Waals surface area contributed by atoms with Gasteiger partial charge in [-0.15, -0.1) is 11.8 Å². The summed E-state index contributed by atoms with van der Waals surface area (Å²) in [6.07, 6.45) is 0.929. The minimum atomic E-state index is -0.619. The molecule has 2 aliphatic heterocycles. The Kier molecular flexibility index (Phi) is 7.15. The van der Waals surface area contributed by atoms with Crippen LogP contribution in [-0.2, 0) is 9.53 Å². The predicted molar refractivity (Wildman–Crippen MR) is 155 cm³/mol. The van der Waals surface area contributed by atoms with E-state index in [1.807, 2.05) is 36.4 Å². The molecule has 0 unspecified atom stereocenters. The number of Topliss-reactive ketones (excluding diaryl/α,β-unsaturated/α-hetero) is 2. The van der Waals surface area contributed by atoms with E-state index in [1.54, 1.807) is 12.1 Å². The molecule has 0 aromatic heterocycles. The maximum atomic E-state index is 12.7. The van der Waals surface area contributed by atoms with Crippen LogP contribution < -0.4 is 4.74 Å². The van der Waals surface area contributed by atoms with E-state index in [-0.39, 0.29) is 6.61 Å². The number of allylic oxidation sites excluding steroid dienone is 1. The average molecular weight is 659 g/mol. The zero-order chi connectivity index (χ0) is 26.4. The number of thioether (sulfide) groups is 1. The Morgan fingerprint density at radius 1 is 0.947 bits per heavy atom. The zero-order valence-corrected chi connectivity index (χ0v) is 24.4. The number of rotatable bonds is 5. The van der Waals surface area contributed by atoms with Gasteiger partial charge in [-0.1, -0.05) is 44.0 Å². The second kappa shape index (κ2) is 10.4. The number of carbonyl (C=O) groups excluding carboxylic acids is 2. The van der Waals surface area contributed by atoms with Crippen LogP contribution in [-0.4, -0.2) is 65.3 Å². The van der Waals surface area contributed by atoms with Gasteiger partial charge in [-0.25, -0.2) is 0 Å². The molecule has 1 fully saturated rings. The number of hydrogen-bond acceptors (Lipinski definition) is 7. The number of nitrogens with zero attached hydrogens (tertiary/aromatic N) is 1. The van der Waals surface area contributed by atoms with Crippen LogP contribution in [0.4, 0.5) is 0 Å². The minimum Gasteiger partial charge on any atom is -0.491 e. The Morgan fingerprint density at radius 2 is 1.66 bits per heavy atom. The summed E-state index contributed by atoms with van der Waals surface area (Å²) in [6, 6.07) is 17.3. The molecule has 3 aromatic rings. The van der Waals surface area contributed by atoms with Crippen molar-refractivity contribution in [3.8, 4) is 5.75 Å². The third-order valence-electron chi connectivity index (χ3n) is 7.34. The van der Waals surface area contributed by atoms with Crippen molar-refractivity contribution in [3.05, 3.63) is 79.6 Å². The number of fused-ring (bicyclic) bond motifs is 3. The molecule has 1 atom stereocenters. The molecule has 0 amide bonds. The van der Waals surface area contributed by atoms with Gasteiger partial charge in [0.25, 0.3) is 0 Å². The van der Waals surface area contributed by atoms with Crippen molar-refractivity contribution in [2.75, 3.05) is 32.0 Å².